The van der Waals surface area contributed by atoms with E-state index >= 15 is 0 Å². The minimum absolute atomic E-state index is 0.193. The predicted molar refractivity (Wildman–Crippen MR) is 95.8 cm³/mol. The molecule has 5 N–H and O–H groups in total. The summed E-state index contributed by atoms with van der Waals surface area (Å²) in [5, 5.41) is 30.9. The molecule has 1 fully saturated rings. The van der Waals surface area contributed by atoms with Crippen LogP contribution in [-0.2, 0) is 19.3 Å². The fraction of sp³-hybridized carbons (Fsp3) is 0.429. The van der Waals surface area contributed by atoms with Crippen molar-refractivity contribution in [3.05, 3.63) is 27.8 Å². The molecule has 5 atom stereocenters. The lowest BCUT2D eigenvalue weighted by atomic mass is 9.99. The largest absolute Gasteiger partial charge is 0.460 e. The van der Waals surface area contributed by atoms with E-state index < -0.39 is 47.7 Å². The molecule has 1 aliphatic heterocycles. The number of aromatic nitrogens is 1. The van der Waals surface area contributed by atoms with E-state index in [1.807, 2.05) is 0 Å². The van der Waals surface area contributed by atoms with Gasteiger partial charge in [0.1, 0.15) is 30.2 Å². The van der Waals surface area contributed by atoms with Crippen molar-refractivity contribution >= 4 is 48.8 Å². The quantitative estimate of drug-likeness (QED) is 0.380. The number of halogens is 2. The normalized spacial score (nSPS) is 29.2. The maximum Gasteiger partial charge on any atom is 0.397 e. The van der Waals surface area contributed by atoms with Gasteiger partial charge < -0.3 is 29.8 Å². The minimum Gasteiger partial charge on any atom is -0.460 e. The molecule has 1 aromatic carbocycles. The van der Waals surface area contributed by atoms with Crippen LogP contribution in [-0.4, -0.2) is 70.6 Å². The molecule has 0 saturated carbocycles. The van der Waals surface area contributed by atoms with Gasteiger partial charge in [-0.3, -0.25) is 4.55 Å². The summed E-state index contributed by atoms with van der Waals surface area (Å²) in [4.78, 5) is 2.92. The summed E-state index contributed by atoms with van der Waals surface area (Å²) in [6.07, 6.45) is -6.47. The Morgan fingerprint density at radius 2 is 1.93 bits per heavy atom. The van der Waals surface area contributed by atoms with Gasteiger partial charge in [0, 0.05) is 10.7 Å². The third kappa shape index (κ3) is 4.39. The second kappa shape index (κ2) is 7.81. The predicted octanol–water partition coefficient (Wildman–Crippen LogP) is 0.590. The van der Waals surface area contributed by atoms with Crippen LogP contribution in [0.15, 0.2) is 22.8 Å². The molecule has 150 valence electrons. The van der Waals surface area contributed by atoms with E-state index in [0.717, 1.165) is 0 Å². The smallest absolute Gasteiger partial charge is 0.397 e. The summed E-state index contributed by atoms with van der Waals surface area (Å²) >= 11 is 9.54. The number of aliphatic hydroxyl groups excluding tert-OH is 3. The molecule has 0 amide bonds. The zero-order valence-corrected chi connectivity index (χ0v) is 16.5. The Morgan fingerprint density at radius 1 is 1.22 bits per heavy atom. The number of H-pyrrole nitrogens is 1. The molecule has 2 unspecified atom stereocenters. The molecule has 0 spiro atoms. The van der Waals surface area contributed by atoms with Gasteiger partial charge in [0.15, 0.2) is 0 Å². The van der Waals surface area contributed by atoms with E-state index in [1.165, 1.54) is 6.20 Å². The zero-order valence-electron chi connectivity index (χ0n) is 13.3. The van der Waals surface area contributed by atoms with Gasteiger partial charge in [-0.15, -0.1) is 0 Å². The lowest BCUT2D eigenvalue weighted by Gasteiger charge is -2.39. The highest BCUT2D eigenvalue weighted by Gasteiger charge is 2.45. The molecule has 0 bridgehead atoms. The molecular weight excluding hydrogens is 474 g/mol. The number of nitrogens with one attached hydrogen (secondary N) is 1. The lowest BCUT2D eigenvalue weighted by Crippen LogP contribution is -2.60. The summed E-state index contributed by atoms with van der Waals surface area (Å²) in [5.41, 5.74) is 0.635. The molecule has 0 radical (unpaired) electrons. The molecule has 2 heterocycles. The SMILES string of the molecule is O=S(=O)(O)OCC1O[C@@H](Oc2c[nH]c3ccc(Br)c(Cl)c23)[C@@H](O)C(O)[C@H]1O. The molecule has 10 nitrogen and oxygen atoms in total. The number of hydrogen-bond acceptors (Lipinski definition) is 8. The van der Waals surface area contributed by atoms with Crippen LogP contribution in [0.3, 0.4) is 0 Å². The average molecular weight is 489 g/mol. The van der Waals surface area contributed by atoms with Crippen LogP contribution in [0, 0.1) is 0 Å². The minimum atomic E-state index is -4.79. The van der Waals surface area contributed by atoms with Crippen molar-refractivity contribution in [1.29, 1.82) is 0 Å². The van der Waals surface area contributed by atoms with Crippen LogP contribution in [0.5, 0.6) is 5.75 Å². The van der Waals surface area contributed by atoms with E-state index in [4.69, 9.17) is 25.6 Å². The van der Waals surface area contributed by atoms with Crippen LogP contribution < -0.4 is 4.74 Å². The first-order valence-corrected chi connectivity index (χ1v) is 10.1. The van der Waals surface area contributed by atoms with Gasteiger partial charge in [-0.1, -0.05) is 11.6 Å². The molecule has 3 rings (SSSR count). The van der Waals surface area contributed by atoms with Crippen molar-refractivity contribution in [2.24, 2.45) is 0 Å². The maximum atomic E-state index is 10.7. The molecule has 13 heteroatoms. The topological polar surface area (TPSA) is 159 Å². The van der Waals surface area contributed by atoms with E-state index in [9.17, 15) is 23.7 Å². The Labute approximate surface area is 166 Å². The summed E-state index contributed by atoms with van der Waals surface area (Å²) in [7, 11) is -4.79. The number of ether oxygens (including phenoxy) is 2. The highest BCUT2D eigenvalue weighted by molar-refractivity contribution is 9.10. The summed E-state index contributed by atoms with van der Waals surface area (Å²) < 4.78 is 45.7. The first kappa shape index (κ1) is 20.8. The first-order valence-electron chi connectivity index (χ1n) is 7.51. The Balaban J connectivity index is 1.84. The van der Waals surface area contributed by atoms with Gasteiger partial charge in [0.2, 0.25) is 6.29 Å². The standard InChI is InChI=1S/C14H15BrClNO9S/c15-5-1-2-6-9(10(5)16)7(3-17-6)25-14-13(20)12(19)11(18)8(26-14)4-24-27(21,22)23/h1-3,8,11-14,17-20H,4H2,(H,21,22,23)/t8?,11-,12?,13-,14+/m0/s1. The van der Waals surface area contributed by atoms with Gasteiger partial charge in [-0.2, -0.15) is 8.42 Å². The number of aliphatic hydroxyl groups is 3. The summed E-state index contributed by atoms with van der Waals surface area (Å²) in [6.45, 7) is -0.802. The highest BCUT2D eigenvalue weighted by Crippen LogP contribution is 2.38. The van der Waals surface area contributed by atoms with Crippen LogP contribution in [0.2, 0.25) is 5.02 Å². The Bertz CT molecular complexity index is 936. The number of benzene rings is 1. The molecule has 1 aliphatic rings. The fourth-order valence-electron chi connectivity index (χ4n) is 2.65. The molecule has 1 aromatic heterocycles. The van der Waals surface area contributed by atoms with Gasteiger partial charge in [0.05, 0.1) is 22.5 Å². The number of rotatable bonds is 5. The van der Waals surface area contributed by atoms with Crippen molar-refractivity contribution in [3.8, 4) is 5.75 Å². The average Bonchev–Trinajstić information content (AvgIpc) is 3.00. The van der Waals surface area contributed by atoms with Gasteiger partial charge in [-0.25, -0.2) is 4.18 Å². The second-order valence-corrected chi connectivity index (χ2v) is 8.11. The summed E-state index contributed by atoms with van der Waals surface area (Å²) in [6, 6.07) is 3.46. The van der Waals surface area contributed by atoms with E-state index in [0.29, 0.717) is 20.4 Å². The Morgan fingerprint density at radius 3 is 2.59 bits per heavy atom. The van der Waals surface area contributed by atoms with Gasteiger partial charge in [-0.05, 0) is 28.1 Å². The molecule has 1 saturated heterocycles. The van der Waals surface area contributed by atoms with Crippen molar-refractivity contribution < 1.29 is 41.9 Å². The number of hydrogen-bond donors (Lipinski definition) is 5. The van der Waals surface area contributed by atoms with Crippen LogP contribution >= 0.6 is 27.5 Å². The van der Waals surface area contributed by atoms with Crippen LogP contribution in [0.1, 0.15) is 0 Å². The van der Waals surface area contributed by atoms with E-state index in [2.05, 4.69) is 25.1 Å². The second-order valence-electron chi connectivity index (χ2n) is 5.78. The third-order valence-corrected chi connectivity index (χ3v) is 5.71. The van der Waals surface area contributed by atoms with Crippen molar-refractivity contribution in [1.82, 2.24) is 4.98 Å². The third-order valence-electron chi connectivity index (χ3n) is 3.99. The monoisotopic (exact) mass is 487 g/mol. The molecule has 0 aliphatic carbocycles. The summed E-state index contributed by atoms with van der Waals surface area (Å²) in [5.74, 6) is 0.193. The number of aromatic amines is 1. The maximum absolute atomic E-state index is 10.7. The van der Waals surface area contributed by atoms with E-state index in [-0.39, 0.29) is 5.75 Å². The van der Waals surface area contributed by atoms with Crippen molar-refractivity contribution in [2.75, 3.05) is 6.61 Å². The van der Waals surface area contributed by atoms with Gasteiger partial charge >= 0.3 is 10.4 Å². The van der Waals surface area contributed by atoms with Crippen LogP contribution in [0.4, 0.5) is 0 Å². The molecular formula is C14H15BrClNO9S. The molecule has 2 aromatic rings. The van der Waals surface area contributed by atoms with Crippen molar-refractivity contribution in [3.63, 3.8) is 0 Å². The zero-order chi connectivity index (χ0) is 19.9. The van der Waals surface area contributed by atoms with E-state index in [1.54, 1.807) is 12.1 Å². The fourth-order valence-corrected chi connectivity index (χ4v) is 3.54. The first-order chi connectivity index (χ1) is 12.6. The Hall–Kier alpha value is -0.960. The van der Waals surface area contributed by atoms with Crippen molar-refractivity contribution in [2.45, 2.75) is 30.7 Å². The lowest BCUT2D eigenvalue weighted by molar-refractivity contribution is -0.276. The van der Waals surface area contributed by atoms with Gasteiger partial charge in [0.25, 0.3) is 0 Å². The van der Waals surface area contributed by atoms with Crippen LogP contribution in [0.25, 0.3) is 10.9 Å². The molecule has 27 heavy (non-hydrogen) atoms. The highest BCUT2D eigenvalue weighted by atomic mass is 79.9. The Kier molecular flexibility index (Phi) is 6.01. The number of fused-ring (bicyclic) bond motifs is 1.